The second-order valence-electron chi connectivity index (χ2n) is 5.81. The second-order valence-corrected chi connectivity index (χ2v) is 5.81. The number of hydrogen-bond acceptors (Lipinski definition) is 4. The molecule has 0 bridgehead atoms. The normalized spacial score (nSPS) is 19.4. The molecule has 3 heterocycles. The minimum absolute atomic E-state index is 0. The van der Waals surface area contributed by atoms with Crippen LogP contribution in [0.25, 0.3) is 0 Å². The number of anilines is 1. The minimum Gasteiger partial charge on any atom is -0.378 e. The van der Waals surface area contributed by atoms with E-state index in [1.165, 1.54) is 19.3 Å². The molecule has 3 rings (SSSR count). The molecule has 2 fully saturated rings. The third kappa shape index (κ3) is 4.94. The summed E-state index contributed by atoms with van der Waals surface area (Å²) in [5.74, 6) is 1.68. The van der Waals surface area contributed by atoms with Crippen LogP contribution in [0.5, 0.6) is 0 Å². The molecular weight excluding hydrogens is 405 g/mol. The molecule has 0 aromatic carbocycles. The third-order valence-corrected chi connectivity index (χ3v) is 4.27. The lowest BCUT2D eigenvalue weighted by Gasteiger charge is -2.29. The van der Waals surface area contributed by atoms with Crippen molar-refractivity contribution in [3.8, 4) is 0 Å². The molecule has 0 amide bonds. The molecule has 0 radical (unpaired) electrons. The molecule has 2 N–H and O–H groups in total. The molecule has 2 aliphatic rings. The van der Waals surface area contributed by atoms with Crippen LogP contribution in [0.1, 0.15) is 24.8 Å². The highest BCUT2D eigenvalue weighted by Crippen LogP contribution is 2.19. The van der Waals surface area contributed by atoms with Crippen molar-refractivity contribution in [2.24, 2.45) is 10.7 Å². The summed E-state index contributed by atoms with van der Waals surface area (Å²) in [6.07, 6.45) is 5.56. The maximum absolute atomic E-state index is 6.15. The highest BCUT2D eigenvalue weighted by Gasteiger charge is 2.16. The van der Waals surface area contributed by atoms with Gasteiger partial charge in [-0.2, -0.15) is 0 Å². The minimum atomic E-state index is 0. The zero-order valence-corrected chi connectivity index (χ0v) is 15.8. The molecule has 0 atom stereocenters. The summed E-state index contributed by atoms with van der Waals surface area (Å²) in [6, 6.07) is 4.05. The summed E-state index contributed by atoms with van der Waals surface area (Å²) in [7, 11) is 0. The first-order valence-electron chi connectivity index (χ1n) is 8.16. The molecule has 2 saturated heterocycles. The fraction of sp³-hybridized carbons (Fsp3) is 0.625. The van der Waals surface area contributed by atoms with Gasteiger partial charge in [-0.3, -0.25) is 0 Å². The van der Waals surface area contributed by atoms with Gasteiger partial charge < -0.3 is 20.3 Å². The van der Waals surface area contributed by atoms with Crippen LogP contribution in [0, 0.1) is 0 Å². The highest BCUT2D eigenvalue weighted by atomic mass is 127. The zero-order chi connectivity index (χ0) is 15.2. The number of aromatic nitrogens is 1. The summed E-state index contributed by atoms with van der Waals surface area (Å²) in [5.41, 5.74) is 7.28. The Morgan fingerprint density at radius 2 is 1.91 bits per heavy atom. The number of halogens is 1. The van der Waals surface area contributed by atoms with Gasteiger partial charge in [-0.1, -0.05) is 6.07 Å². The van der Waals surface area contributed by atoms with Crippen LogP contribution in [0.3, 0.4) is 0 Å². The molecule has 2 aliphatic heterocycles. The first kappa shape index (κ1) is 18.3. The Morgan fingerprint density at radius 3 is 2.65 bits per heavy atom. The highest BCUT2D eigenvalue weighted by molar-refractivity contribution is 14.0. The van der Waals surface area contributed by atoms with Crippen molar-refractivity contribution >= 4 is 35.8 Å². The van der Waals surface area contributed by atoms with Crippen molar-refractivity contribution in [2.75, 3.05) is 44.3 Å². The largest absolute Gasteiger partial charge is 0.378 e. The second kappa shape index (κ2) is 9.27. The van der Waals surface area contributed by atoms with Crippen molar-refractivity contribution in [1.82, 2.24) is 9.88 Å². The lowest BCUT2D eigenvalue weighted by atomic mass is 10.1. The van der Waals surface area contributed by atoms with Gasteiger partial charge in [0.1, 0.15) is 5.82 Å². The average Bonchev–Trinajstić information content (AvgIpc) is 2.61. The number of nitrogens with two attached hydrogens (primary N) is 1. The number of nitrogens with zero attached hydrogens (tertiary/aromatic N) is 4. The van der Waals surface area contributed by atoms with Gasteiger partial charge in [-0.15, -0.1) is 24.0 Å². The van der Waals surface area contributed by atoms with Crippen molar-refractivity contribution in [3.63, 3.8) is 0 Å². The van der Waals surface area contributed by atoms with Gasteiger partial charge in [-0.25, -0.2) is 9.98 Å². The van der Waals surface area contributed by atoms with Crippen LogP contribution >= 0.6 is 24.0 Å². The molecule has 1 aromatic rings. The Kier molecular flexibility index (Phi) is 7.35. The molecule has 1 aromatic heterocycles. The van der Waals surface area contributed by atoms with Crippen molar-refractivity contribution in [1.29, 1.82) is 0 Å². The van der Waals surface area contributed by atoms with Crippen molar-refractivity contribution in [3.05, 3.63) is 23.9 Å². The lowest BCUT2D eigenvalue weighted by molar-refractivity contribution is 0.122. The predicted molar refractivity (Wildman–Crippen MR) is 103 cm³/mol. The molecule has 0 aliphatic carbocycles. The van der Waals surface area contributed by atoms with E-state index in [0.29, 0.717) is 12.5 Å². The third-order valence-electron chi connectivity index (χ3n) is 4.27. The predicted octanol–water partition coefficient (Wildman–Crippen LogP) is 1.84. The molecule has 0 saturated carbocycles. The summed E-state index contributed by atoms with van der Waals surface area (Å²) >= 11 is 0. The summed E-state index contributed by atoms with van der Waals surface area (Å²) < 4.78 is 5.41. The quantitative estimate of drug-likeness (QED) is 0.450. The van der Waals surface area contributed by atoms with Crippen LogP contribution in [-0.2, 0) is 11.3 Å². The van der Waals surface area contributed by atoms with E-state index in [0.717, 1.165) is 50.8 Å². The maximum atomic E-state index is 6.15. The van der Waals surface area contributed by atoms with Gasteiger partial charge in [0, 0.05) is 37.9 Å². The summed E-state index contributed by atoms with van der Waals surface area (Å²) in [6.45, 7) is 5.93. The van der Waals surface area contributed by atoms with E-state index in [4.69, 9.17) is 10.5 Å². The summed E-state index contributed by atoms with van der Waals surface area (Å²) in [4.78, 5) is 13.6. The number of rotatable bonds is 3. The number of ether oxygens (including phenoxy) is 1. The van der Waals surface area contributed by atoms with Gasteiger partial charge in [0.25, 0.3) is 0 Å². The molecular formula is C16H26IN5O. The van der Waals surface area contributed by atoms with E-state index in [1.54, 1.807) is 0 Å². The van der Waals surface area contributed by atoms with Crippen LogP contribution in [-0.4, -0.2) is 55.2 Å². The van der Waals surface area contributed by atoms with Gasteiger partial charge in [0.15, 0.2) is 5.96 Å². The molecule has 0 spiro atoms. The van der Waals surface area contributed by atoms with Gasteiger partial charge in [0.2, 0.25) is 0 Å². The average molecular weight is 431 g/mol. The van der Waals surface area contributed by atoms with E-state index >= 15 is 0 Å². The van der Waals surface area contributed by atoms with Crippen LogP contribution < -0.4 is 10.6 Å². The Hall–Kier alpha value is -1.09. The lowest BCUT2D eigenvalue weighted by Crippen LogP contribution is -2.41. The van der Waals surface area contributed by atoms with Crippen molar-refractivity contribution in [2.45, 2.75) is 25.8 Å². The Bertz CT molecular complexity index is 513. The first-order valence-corrected chi connectivity index (χ1v) is 8.16. The first-order chi connectivity index (χ1) is 10.8. The van der Waals surface area contributed by atoms with E-state index in [-0.39, 0.29) is 24.0 Å². The number of hydrogen-bond donors (Lipinski definition) is 1. The Labute approximate surface area is 155 Å². The number of aliphatic imine (C=N–C) groups is 1. The van der Waals surface area contributed by atoms with Crippen LogP contribution in [0.4, 0.5) is 5.82 Å². The van der Waals surface area contributed by atoms with Crippen LogP contribution in [0.2, 0.25) is 0 Å². The van der Waals surface area contributed by atoms with E-state index in [9.17, 15) is 0 Å². The Balaban J connectivity index is 0.00000192. The molecule has 6 nitrogen and oxygen atoms in total. The molecule has 7 heteroatoms. The monoisotopic (exact) mass is 431 g/mol. The van der Waals surface area contributed by atoms with E-state index < -0.39 is 0 Å². The van der Waals surface area contributed by atoms with Crippen molar-refractivity contribution < 1.29 is 4.74 Å². The SMILES string of the molecule is I.NC(=NCc1cccnc1N1CCOCC1)N1CCCCC1. The number of morpholine rings is 1. The van der Waals surface area contributed by atoms with Gasteiger partial charge in [-0.05, 0) is 25.3 Å². The number of pyridine rings is 1. The number of likely N-dealkylation sites (tertiary alicyclic amines) is 1. The standard InChI is InChI=1S/C16H25N5O.HI/c17-16(21-7-2-1-3-8-21)19-13-14-5-4-6-18-15(14)20-9-11-22-12-10-20;/h4-6H,1-3,7-13H2,(H2,17,19);1H. The molecule has 23 heavy (non-hydrogen) atoms. The molecule has 0 unspecified atom stereocenters. The fourth-order valence-corrected chi connectivity index (χ4v) is 3.00. The van der Waals surface area contributed by atoms with Gasteiger partial charge in [0.05, 0.1) is 19.8 Å². The fourth-order valence-electron chi connectivity index (χ4n) is 3.00. The number of guanidine groups is 1. The maximum Gasteiger partial charge on any atom is 0.191 e. The van der Waals surface area contributed by atoms with Gasteiger partial charge >= 0.3 is 0 Å². The molecule has 128 valence electrons. The van der Waals surface area contributed by atoms with Crippen LogP contribution in [0.15, 0.2) is 23.3 Å². The zero-order valence-electron chi connectivity index (χ0n) is 13.5. The van der Waals surface area contributed by atoms with E-state index in [1.807, 2.05) is 12.3 Å². The topological polar surface area (TPSA) is 67.0 Å². The summed E-state index contributed by atoms with van der Waals surface area (Å²) in [5, 5.41) is 0. The Morgan fingerprint density at radius 1 is 1.17 bits per heavy atom. The van der Waals surface area contributed by atoms with E-state index in [2.05, 4.69) is 25.8 Å². The smallest absolute Gasteiger partial charge is 0.191 e. The number of piperidine rings is 1.